The summed E-state index contributed by atoms with van der Waals surface area (Å²) in [5, 5.41) is 2.81. The number of rotatable bonds is 10. The van der Waals surface area contributed by atoms with Gasteiger partial charge in [0.15, 0.2) is 17.3 Å². The van der Waals surface area contributed by atoms with Gasteiger partial charge in [-0.05, 0) is 37.3 Å². The standard InChI is InChI=1S/C20H23NO5S/c1-4-26-17-8-6-5-7-15(17)21-20(23)13-27-12-16(22)14-9-10-18(24-2)19(11-14)25-3/h5-11H,4,12-13H2,1-3H3,(H,21,23). The van der Waals surface area contributed by atoms with Gasteiger partial charge in [-0.3, -0.25) is 9.59 Å². The van der Waals surface area contributed by atoms with E-state index in [0.717, 1.165) is 0 Å². The van der Waals surface area contributed by atoms with E-state index in [4.69, 9.17) is 14.2 Å². The Morgan fingerprint density at radius 3 is 2.41 bits per heavy atom. The molecule has 0 aliphatic heterocycles. The molecular formula is C20H23NO5S. The molecule has 0 aromatic heterocycles. The second-order valence-electron chi connectivity index (χ2n) is 5.46. The van der Waals surface area contributed by atoms with Crippen LogP contribution in [0.4, 0.5) is 5.69 Å². The number of anilines is 1. The minimum absolute atomic E-state index is 0.0801. The van der Waals surface area contributed by atoms with Gasteiger partial charge in [0.25, 0.3) is 0 Å². The Morgan fingerprint density at radius 1 is 0.963 bits per heavy atom. The third-order valence-electron chi connectivity index (χ3n) is 3.63. The van der Waals surface area contributed by atoms with Gasteiger partial charge >= 0.3 is 0 Å². The van der Waals surface area contributed by atoms with Gasteiger partial charge in [-0.2, -0.15) is 0 Å². The smallest absolute Gasteiger partial charge is 0.234 e. The highest BCUT2D eigenvalue weighted by atomic mass is 32.2. The second kappa shape index (κ2) is 10.5. The van der Waals surface area contributed by atoms with Crippen LogP contribution in [0.1, 0.15) is 17.3 Å². The summed E-state index contributed by atoms with van der Waals surface area (Å²) >= 11 is 1.25. The van der Waals surface area contributed by atoms with Gasteiger partial charge in [-0.25, -0.2) is 0 Å². The quantitative estimate of drug-likeness (QED) is 0.625. The van der Waals surface area contributed by atoms with E-state index in [1.54, 1.807) is 30.3 Å². The number of carbonyl (C=O) groups is 2. The Kier molecular flexibility index (Phi) is 8.00. The summed E-state index contributed by atoms with van der Waals surface area (Å²) < 4.78 is 15.9. The van der Waals surface area contributed by atoms with E-state index in [9.17, 15) is 9.59 Å². The van der Waals surface area contributed by atoms with Crippen LogP contribution in [0, 0.1) is 0 Å². The number of hydrogen-bond acceptors (Lipinski definition) is 6. The van der Waals surface area contributed by atoms with Crippen molar-refractivity contribution in [2.45, 2.75) is 6.92 Å². The molecular weight excluding hydrogens is 366 g/mol. The number of ketones is 1. The van der Waals surface area contributed by atoms with Gasteiger partial charge in [-0.15, -0.1) is 11.8 Å². The highest BCUT2D eigenvalue weighted by molar-refractivity contribution is 8.00. The molecule has 6 nitrogen and oxygen atoms in total. The van der Waals surface area contributed by atoms with Gasteiger partial charge in [0, 0.05) is 5.56 Å². The molecule has 2 rings (SSSR count). The van der Waals surface area contributed by atoms with Crippen molar-refractivity contribution in [2.75, 3.05) is 37.6 Å². The predicted molar refractivity (Wildman–Crippen MR) is 107 cm³/mol. The second-order valence-corrected chi connectivity index (χ2v) is 6.45. The number of benzene rings is 2. The molecule has 0 unspecified atom stereocenters. The molecule has 0 radical (unpaired) electrons. The minimum Gasteiger partial charge on any atom is -0.493 e. The molecule has 0 heterocycles. The Morgan fingerprint density at radius 2 is 1.70 bits per heavy atom. The van der Waals surface area contributed by atoms with Gasteiger partial charge in [0.2, 0.25) is 5.91 Å². The van der Waals surface area contributed by atoms with Gasteiger partial charge in [0.1, 0.15) is 5.75 Å². The van der Waals surface area contributed by atoms with Crippen LogP contribution in [-0.4, -0.2) is 44.0 Å². The lowest BCUT2D eigenvalue weighted by Gasteiger charge is -2.11. The summed E-state index contributed by atoms with van der Waals surface area (Å²) in [6.07, 6.45) is 0. The molecule has 0 fully saturated rings. The van der Waals surface area contributed by atoms with Crippen LogP contribution in [0.5, 0.6) is 17.2 Å². The Bertz CT molecular complexity index is 794. The fourth-order valence-electron chi connectivity index (χ4n) is 2.37. The number of amides is 1. The van der Waals surface area contributed by atoms with E-state index in [0.29, 0.717) is 35.1 Å². The van der Waals surface area contributed by atoms with Crippen LogP contribution in [-0.2, 0) is 4.79 Å². The lowest BCUT2D eigenvalue weighted by atomic mass is 10.1. The van der Waals surface area contributed by atoms with Crippen molar-refractivity contribution in [3.63, 3.8) is 0 Å². The van der Waals surface area contributed by atoms with E-state index < -0.39 is 0 Å². The number of nitrogens with one attached hydrogen (secondary N) is 1. The molecule has 0 spiro atoms. The van der Waals surface area contributed by atoms with E-state index in [1.165, 1.54) is 26.0 Å². The molecule has 0 bridgehead atoms. The number of carbonyl (C=O) groups excluding carboxylic acids is 2. The van der Waals surface area contributed by atoms with Crippen molar-refractivity contribution in [3.05, 3.63) is 48.0 Å². The van der Waals surface area contributed by atoms with E-state index >= 15 is 0 Å². The first-order valence-corrected chi connectivity index (χ1v) is 9.59. The first-order valence-electron chi connectivity index (χ1n) is 8.43. The maximum Gasteiger partial charge on any atom is 0.234 e. The van der Waals surface area contributed by atoms with Crippen LogP contribution in [0.3, 0.4) is 0 Å². The SMILES string of the molecule is CCOc1ccccc1NC(=O)CSCC(=O)c1ccc(OC)c(OC)c1. The third-order valence-corrected chi connectivity index (χ3v) is 4.57. The Labute approximate surface area is 163 Å². The third kappa shape index (κ3) is 5.92. The summed E-state index contributed by atoms with van der Waals surface area (Å²) in [5.41, 5.74) is 1.14. The maximum atomic E-state index is 12.3. The zero-order chi connectivity index (χ0) is 19.6. The monoisotopic (exact) mass is 389 g/mol. The van der Waals surface area contributed by atoms with Crippen molar-refractivity contribution in [1.29, 1.82) is 0 Å². The molecule has 27 heavy (non-hydrogen) atoms. The van der Waals surface area contributed by atoms with Crippen molar-refractivity contribution < 1.29 is 23.8 Å². The van der Waals surface area contributed by atoms with E-state index in [2.05, 4.69) is 5.32 Å². The van der Waals surface area contributed by atoms with Gasteiger partial charge in [-0.1, -0.05) is 12.1 Å². The number of hydrogen-bond donors (Lipinski definition) is 1. The molecule has 1 N–H and O–H groups in total. The summed E-state index contributed by atoms with van der Waals surface area (Å²) in [5.74, 6) is 1.78. The lowest BCUT2D eigenvalue weighted by molar-refractivity contribution is -0.113. The first kappa shape index (κ1) is 20.6. The minimum atomic E-state index is -0.188. The molecule has 2 aromatic rings. The zero-order valence-corrected chi connectivity index (χ0v) is 16.4. The molecule has 1 amide bonds. The lowest BCUT2D eigenvalue weighted by Crippen LogP contribution is -2.16. The fraction of sp³-hybridized carbons (Fsp3) is 0.300. The first-order chi connectivity index (χ1) is 13.1. The molecule has 0 aliphatic rings. The Balaban J connectivity index is 1.87. The number of thioether (sulfide) groups is 1. The molecule has 7 heteroatoms. The summed E-state index contributed by atoms with van der Waals surface area (Å²) in [7, 11) is 3.06. The van der Waals surface area contributed by atoms with Crippen molar-refractivity contribution in [1.82, 2.24) is 0 Å². The molecule has 0 saturated heterocycles. The highest BCUT2D eigenvalue weighted by Gasteiger charge is 2.13. The van der Waals surface area contributed by atoms with Gasteiger partial charge < -0.3 is 19.5 Å². The normalized spacial score (nSPS) is 10.2. The highest BCUT2D eigenvalue weighted by Crippen LogP contribution is 2.28. The summed E-state index contributed by atoms with van der Waals surface area (Å²) in [6.45, 7) is 2.40. The molecule has 0 saturated carbocycles. The average molecular weight is 389 g/mol. The molecule has 0 atom stereocenters. The van der Waals surface area contributed by atoms with Crippen LogP contribution in [0.15, 0.2) is 42.5 Å². The van der Waals surface area contributed by atoms with Gasteiger partial charge in [0.05, 0.1) is 38.0 Å². The van der Waals surface area contributed by atoms with Crippen LogP contribution in [0.25, 0.3) is 0 Å². The topological polar surface area (TPSA) is 73.9 Å². The van der Waals surface area contributed by atoms with Crippen LogP contribution in [0.2, 0.25) is 0 Å². The largest absolute Gasteiger partial charge is 0.493 e. The molecule has 144 valence electrons. The number of Topliss-reactive ketones (excluding diaryl/α,β-unsaturated/α-hetero) is 1. The van der Waals surface area contributed by atoms with Crippen molar-refractivity contribution in [3.8, 4) is 17.2 Å². The number of methoxy groups -OCH3 is 2. The summed E-state index contributed by atoms with van der Waals surface area (Å²) in [4.78, 5) is 24.5. The predicted octanol–water partition coefficient (Wildman–Crippen LogP) is 3.66. The van der Waals surface area contributed by atoms with Crippen LogP contribution < -0.4 is 19.5 Å². The Hall–Kier alpha value is -2.67. The van der Waals surface area contributed by atoms with Crippen molar-refractivity contribution in [2.24, 2.45) is 0 Å². The number of ether oxygens (including phenoxy) is 3. The zero-order valence-electron chi connectivity index (χ0n) is 15.6. The summed E-state index contributed by atoms with van der Waals surface area (Å²) in [6, 6.07) is 12.3. The molecule has 0 aliphatic carbocycles. The van der Waals surface area contributed by atoms with E-state index in [1.807, 2.05) is 19.1 Å². The van der Waals surface area contributed by atoms with E-state index in [-0.39, 0.29) is 23.2 Å². The average Bonchev–Trinajstić information content (AvgIpc) is 2.69. The van der Waals surface area contributed by atoms with Crippen molar-refractivity contribution >= 4 is 29.1 Å². The number of para-hydroxylation sites is 2. The maximum absolute atomic E-state index is 12.3. The fourth-order valence-corrected chi connectivity index (χ4v) is 3.08. The molecule has 2 aromatic carbocycles. The van der Waals surface area contributed by atoms with Crippen LogP contribution >= 0.6 is 11.8 Å².